The highest BCUT2D eigenvalue weighted by molar-refractivity contribution is 7.99. The minimum absolute atomic E-state index is 0.261. The fourth-order valence-electron chi connectivity index (χ4n) is 2.14. The number of nitrogens with zero attached hydrogens (tertiary/aromatic N) is 6. The molecule has 0 radical (unpaired) electrons. The molecule has 0 aliphatic rings. The number of methoxy groups -OCH3 is 1. The number of nitro benzene ring substituents is 2. The van der Waals surface area contributed by atoms with Crippen LogP contribution in [0.25, 0.3) is 5.69 Å². The fourth-order valence-corrected chi connectivity index (χ4v) is 3.01. The lowest BCUT2D eigenvalue weighted by molar-refractivity contribution is -0.394. The minimum atomic E-state index is -0.694. The summed E-state index contributed by atoms with van der Waals surface area (Å²) in [5, 5.41) is 33.7. The number of para-hydroxylation sites is 2. The Balaban J connectivity index is 2.02. The molecule has 2 aromatic carbocycles. The first-order valence-corrected chi connectivity index (χ1v) is 7.84. The van der Waals surface area contributed by atoms with Crippen LogP contribution in [0.3, 0.4) is 0 Å². The normalized spacial score (nSPS) is 10.5. The SMILES string of the molecule is COc1ccccc1-n1nnnc1Sc1cc([N+](=O)[O-])cc([N+](=O)[O-])c1. The van der Waals surface area contributed by atoms with Crippen molar-refractivity contribution >= 4 is 23.1 Å². The maximum absolute atomic E-state index is 11.0. The number of nitro groups is 2. The molecule has 0 fully saturated rings. The highest BCUT2D eigenvalue weighted by atomic mass is 32.2. The van der Waals surface area contributed by atoms with E-state index in [9.17, 15) is 20.2 Å². The fraction of sp³-hybridized carbons (Fsp3) is 0.0714. The van der Waals surface area contributed by atoms with Crippen LogP contribution in [0.5, 0.6) is 5.75 Å². The smallest absolute Gasteiger partial charge is 0.277 e. The highest BCUT2D eigenvalue weighted by Crippen LogP contribution is 2.34. The number of benzene rings is 2. The quantitative estimate of drug-likeness (QED) is 0.470. The average molecular weight is 374 g/mol. The molecule has 0 saturated carbocycles. The third kappa shape index (κ3) is 3.44. The van der Waals surface area contributed by atoms with Crippen LogP contribution in [0.4, 0.5) is 11.4 Å². The van der Waals surface area contributed by atoms with Gasteiger partial charge < -0.3 is 4.74 Å². The Morgan fingerprint density at radius 2 is 1.73 bits per heavy atom. The molecule has 26 heavy (non-hydrogen) atoms. The second-order valence-corrected chi connectivity index (χ2v) is 5.89. The molecule has 1 heterocycles. The van der Waals surface area contributed by atoms with Crippen molar-refractivity contribution < 1.29 is 14.6 Å². The van der Waals surface area contributed by atoms with Crippen LogP contribution in [0, 0.1) is 20.2 Å². The molecule has 0 aliphatic heterocycles. The number of hydrogen-bond acceptors (Lipinski definition) is 9. The van der Waals surface area contributed by atoms with Crippen LogP contribution >= 0.6 is 11.8 Å². The van der Waals surface area contributed by atoms with E-state index in [0.717, 1.165) is 17.8 Å². The number of tetrazole rings is 1. The molecular formula is C14H10N6O5S. The molecule has 12 heteroatoms. The molecule has 0 bridgehead atoms. The molecule has 0 N–H and O–H groups in total. The van der Waals surface area contributed by atoms with Gasteiger partial charge in [0, 0.05) is 17.0 Å². The Bertz CT molecular complexity index is 959. The van der Waals surface area contributed by atoms with E-state index in [0.29, 0.717) is 11.4 Å². The maximum atomic E-state index is 11.0. The summed E-state index contributed by atoms with van der Waals surface area (Å²) >= 11 is 0.960. The first kappa shape index (κ1) is 17.3. The van der Waals surface area contributed by atoms with Gasteiger partial charge in [-0.3, -0.25) is 20.2 Å². The van der Waals surface area contributed by atoms with Crippen molar-refractivity contribution in [2.24, 2.45) is 0 Å². The Morgan fingerprint density at radius 1 is 1.08 bits per heavy atom. The lowest BCUT2D eigenvalue weighted by atomic mass is 10.3. The summed E-state index contributed by atoms with van der Waals surface area (Å²) in [6.45, 7) is 0. The number of rotatable bonds is 6. The van der Waals surface area contributed by atoms with E-state index in [1.165, 1.54) is 23.9 Å². The van der Waals surface area contributed by atoms with Crippen molar-refractivity contribution in [2.75, 3.05) is 7.11 Å². The summed E-state index contributed by atoms with van der Waals surface area (Å²) in [7, 11) is 1.50. The minimum Gasteiger partial charge on any atom is -0.494 e. The van der Waals surface area contributed by atoms with Gasteiger partial charge in [-0.1, -0.05) is 12.1 Å². The van der Waals surface area contributed by atoms with Gasteiger partial charge in [-0.05, 0) is 34.3 Å². The summed E-state index contributed by atoms with van der Waals surface area (Å²) in [6.07, 6.45) is 0. The van der Waals surface area contributed by atoms with E-state index in [1.807, 2.05) is 0 Å². The van der Waals surface area contributed by atoms with E-state index in [-0.39, 0.29) is 10.1 Å². The van der Waals surface area contributed by atoms with Crippen molar-refractivity contribution in [1.29, 1.82) is 0 Å². The Kier molecular flexibility index (Phi) is 4.75. The van der Waals surface area contributed by atoms with Crippen molar-refractivity contribution in [3.8, 4) is 11.4 Å². The van der Waals surface area contributed by atoms with Crippen molar-refractivity contribution in [2.45, 2.75) is 10.1 Å². The van der Waals surface area contributed by atoms with Crippen LogP contribution < -0.4 is 4.74 Å². The Hall–Kier alpha value is -3.54. The number of ether oxygens (including phenoxy) is 1. The van der Waals surface area contributed by atoms with E-state index in [1.54, 1.807) is 24.3 Å². The molecule has 0 aliphatic carbocycles. The van der Waals surface area contributed by atoms with E-state index in [2.05, 4.69) is 15.5 Å². The van der Waals surface area contributed by atoms with Gasteiger partial charge in [0.05, 0.1) is 23.0 Å². The molecule has 0 unspecified atom stereocenters. The zero-order chi connectivity index (χ0) is 18.7. The first-order valence-electron chi connectivity index (χ1n) is 7.03. The maximum Gasteiger partial charge on any atom is 0.277 e. The molecular weight excluding hydrogens is 364 g/mol. The van der Waals surface area contributed by atoms with Gasteiger partial charge in [0.25, 0.3) is 11.4 Å². The molecule has 3 aromatic rings. The second kappa shape index (κ2) is 7.14. The molecule has 0 amide bonds. The van der Waals surface area contributed by atoms with Crippen molar-refractivity contribution in [3.05, 3.63) is 62.7 Å². The van der Waals surface area contributed by atoms with E-state index < -0.39 is 21.2 Å². The predicted octanol–water partition coefficient (Wildman–Crippen LogP) is 2.64. The predicted molar refractivity (Wildman–Crippen MR) is 89.6 cm³/mol. The molecule has 132 valence electrons. The monoisotopic (exact) mass is 374 g/mol. The van der Waals surface area contributed by atoms with Crippen LogP contribution in [0.15, 0.2) is 52.5 Å². The van der Waals surface area contributed by atoms with Crippen LogP contribution in [-0.2, 0) is 0 Å². The van der Waals surface area contributed by atoms with Crippen LogP contribution in [0.1, 0.15) is 0 Å². The summed E-state index contributed by atoms with van der Waals surface area (Å²) < 4.78 is 6.65. The van der Waals surface area contributed by atoms with Crippen molar-refractivity contribution in [1.82, 2.24) is 20.2 Å². The molecule has 11 nitrogen and oxygen atoms in total. The summed E-state index contributed by atoms with van der Waals surface area (Å²) in [5.41, 5.74) is -0.224. The summed E-state index contributed by atoms with van der Waals surface area (Å²) in [6, 6.07) is 10.3. The first-order chi connectivity index (χ1) is 12.5. The van der Waals surface area contributed by atoms with Gasteiger partial charge in [-0.2, -0.15) is 4.68 Å². The highest BCUT2D eigenvalue weighted by Gasteiger charge is 2.20. The third-order valence-corrected chi connectivity index (χ3v) is 4.17. The number of hydrogen-bond donors (Lipinski definition) is 0. The van der Waals surface area contributed by atoms with Gasteiger partial charge >= 0.3 is 0 Å². The van der Waals surface area contributed by atoms with Crippen molar-refractivity contribution in [3.63, 3.8) is 0 Å². The third-order valence-electron chi connectivity index (χ3n) is 3.26. The largest absolute Gasteiger partial charge is 0.494 e. The molecule has 3 rings (SSSR count). The van der Waals surface area contributed by atoms with Crippen LogP contribution in [0.2, 0.25) is 0 Å². The zero-order valence-electron chi connectivity index (χ0n) is 13.2. The molecule has 1 aromatic heterocycles. The van der Waals surface area contributed by atoms with E-state index in [4.69, 9.17) is 4.74 Å². The van der Waals surface area contributed by atoms with Gasteiger partial charge in [-0.15, -0.1) is 5.10 Å². The summed E-state index contributed by atoms with van der Waals surface area (Å²) in [5.74, 6) is 0.520. The molecule has 0 spiro atoms. The molecule has 0 saturated heterocycles. The zero-order valence-corrected chi connectivity index (χ0v) is 14.0. The van der Waals surface area contributed by atoms with E-state index >= 15 is 0 Å². The van der Waals surface area contributed by atoms with Crippen LogP contribution in [-0.4, -0.2) is 37.2 Å². The average Bonchev–Trinajstić information content (AvgIpc) is 3.09. The van der Waals surface area contributed by atoms with Gasteiger partial charge in [0.1, 0.15) is 11.4 Å². The lowest BCUT2D eigenvalue weighted by Crippen LogP contribution is -2.01. The van der Waals surface area contributed by atoms with Gasteiger partial charge in [-0.25, -0.2) is 0 Å². The Morgan fingerprint density at radius 3 is 2.35 bits per heavy atom. The second-order valence-electron chi connectivity index (χ2n) is 4.85. The number of aromatic nitrogens is 4. The standard InChI is InChI=1S/C14H10N6O5S/c1-25-13-5-3-2-4-12(13)18-14(15-16-17-18)26-11-7-9(19(21)22)6-10(8-11)20(23)24/h2-8H,1H3. The molecule has 0 atom stereocenters. The number of non-ortho nitro benzene ring substituents is 2. The van der Waals surface area contributed by atoms with Gasteiger partial charge in [0.2, 0.25) is 5.16 Å². The van der Waals surface area contributed by atoms with Gasteiger partial charge in [0.15, 0.2) is 0 Å². The topological polar surface area (TPSA) is 139 Å². The summed E-state index contributed by atoms with van der Waals surface area (Å²) in [4.78, 5) is 20.9. The lowest BCUT2D eigenvalue weighted by Gasteiger charge is -2.08. The Labute approximate surface area is 149 Å².